The fourth-order valence-corrected chi connectivity index (χ4v) is 1.50. The van der Waals surface area contributed by atoms with Gasteiger partial charge in [0.25, 0.3) is 0 Å². The second-order valence-electron chi connectivity index (χ2n) is 3.84. The Labute approximate surface area is 104 Å². The first-order valence-electron chi connectivity index (χ1n) is 5.01. The molecular weight excluding hydrogens is 242 g/mol. The van der Waals surface area contributed by atoms with Crippen LogP contribution in [0.3, 0.4) is 0 Å². The minimum Gasteiger partial charge on any atom is -0.480 e. The van der Waals surface area contributed by atoms with Crippen LogP contribution in [-0.4, -0.2) is 22.1 Å². The second-order valence-corrected chi connectivity index (χ2v) is 4.22. The molecule has 0 saturated carbocycles. The van der Waals surface area contributed by atoms with Gasteiger partial charge in [0.1, 0.15) is 23.0 Å². The molecule has 0 aliphatic heterocycles. The normalized spacial score (nSPS) is 11.9. The molecule has 0 fully saturated rings. The van der Waals surface area contributed by atoms with Gasteiger partial charge in [0.15, 0.2) is 0 Å². The molecule has 1 unspecified atom stereocenters. The van der Waals surface area contributed by atoms with Crippen molar-refractivity contribution in [1.82, 2.24) is 4.98 Å². The Morgan fingerprint density at radius 2 is 2.29 bits per heavy atom. The molecule has 0 aromatic carbocycles. The number of hydrogen-bond acceptors (Lipinski definition) is 4. The number of nitriles is 1. The van der Waals surface area contributed by atoms with Crippen LogP contribution < -0.4 is 5.32 Å². The summed E-state index contributed by atoms with van der Waals surface area (Å²) in [5.74, 6) is -0.900. The summed E-state index contributed by atoms with van der Waals surface area (Å²) in [7, 11) is 0. The minimum absolute atomic E-state index is 0.129. The lowest BCUT2D eigenvalue weighted by molar-refractivity contribution is -0.138. The monoisotopic (exact) mass is 253 g/mol. The number of aliphatic carboxylic acids is 1. The van der Waals surface area contributed by atoms with Gasteiger partial charge in [0.05, 0.1) is 5.56 Å². The number of carbonyl (C=O) groups is 1. The molecule has 0 radical (unpaired) electrons. The largest absolute Gasteiger partial charge is 0.480 e. The summed E-state index contributed by atoms with van der Waals surface area (Å²) in [5, 5.41) is 20.7. The molecule has 1 aromatic rings. The fourth-order valence-electron chi connectivity index (χ4n) is 1.29. The molecule has 17 heavy (non-hydrogen) atoms. The van der Waals surface area contributed by atoms with E-state index in [-0.39, 0.29) is 22.3 Å². The molecule has 0 saturated heterocycles. The van der Waals surface area contributed by atoms with E-state index in [1.54, 1.807) is 13.8 Å². The predicted octanol–water partition coefficient (Wildman–Crippen LogP) is 2.13. The van der Waals surface area contributed by atoms with Gasteiger partial charge in [0.2, 0.25) is 0 Å². The van der Waals surface area contributed by atoms with Gasteiger partial charge in [-0.15, -0.1) is 0 Å². The van der Waals surface area contributed by atoms with Gasteiger partial charge in [-0.05, 0) is 12.0 Å². The molecule has 1 heterocycles. The van der Waals surface area contributed by atoms with Crippen LogP contribution in [0.2, 0.25) is 5.02 Å². The van der Waals surface area contributed by atoms with Crippen LogP contribution in [0, 0.1) is 17.2 Å². The summed E-state index contributed by atoms with van der Waals surface area (Å²) in [4.78, 5) is 14.9. The summed E-state index contributed by atoms with van der Waals surface area (Å²) < 4.78 is 0. The lowest BCUT2D eigenvalue weighted by Gasteiger charge is -2.19. The van der Waals surface area contributed by atoms with Crippen molar-refractivity contribution in [3.8, 4) is 6.07 Å². The Balaban J connectivity index is 3.03. The molecule has 1 atom stereocenters. The molecule has 90 valence electrons. The molecule has 0 aliphatic carbocycles. The van der Waals surface area contributed by atoms with Crippen LogP contribution in [-0.2, 0) is 4.79 Å². The van der Waals surface area contributed by atoms with E-state index < -0.39 is 12.0 Å². The van der Waals surface area contributed by atoms with Crippen molar-refractivity contribution in [2.24, 2.45) is 5.92 Å². The van der Waals surface area contributed by atoms with Crippen LogP contribution in [0.4, 0.5) is 5.82 Å². The van der Waals surface area contributed by atoms with Crippen molar-refractivity contribution in [1.29, 1.82) is 5.26 Å². The predicted molar refractivity (Wildman–Crippen MR) is 63.8 cm³/mol. The van der Waals surface area contributed by atoms with E-state index in [1.807, 2.05) is 6.07 Å². The third-order valence-corrected chi connectivity index (χ3v) is 2.62. The van der Waals surface area contributed by atoms with Crippen molar-refractivity contribution in [2.75, 3.05) is 5.32 Å². The first-order valence-corrected chi connectivity index (χ1v) is 5.39. The molecule has 5 nitrogen and oxygen atoms in total. The van der Waals surface area contributed by atoms with Crippen LogP contribution >= 0.6 is 11.6 Å². The molecule has 1 rings (SSSR count). The van der Waals surface area contributed by atoms with Crippen LogP contribution in [0.1, 0.15) is 19.4 Å². The van der Waals surface area contributed by atoms with Crippen LogP contribution in [0.5, 0.6) is 0 Å². The fraction of sp³-hybridized carbons (Fsp3) is 0.364. The minimum atomic E-state index is -0.986. The third kappa shape index (κ3) is 3.08. The van der Waals surface area contributed by atoms with Crippen molar-refractivity contribution in [3.05, 3.63) is 22.8 Å². The highest BCUT2D eigenvalue weighted by molar-refractivity contribution is 6.34. The van der Waals surface area contributed by atoms with E-state index in [4.69, 9.17) is 22.0 Å². The maximum Gasteiger partial charge on any atom is 0.326 e. The van der Waals surface area contributed by atoms with Crippen molar-refractivity contribution in [3.63, 3.8) is 0 Å². The number of aromatic nitrogens is 1. The number of nitrogens with one attached hydrogen (secondary N) is 1. The van der Waals surface area contributed by atoms with Crippen molar-refractivity contribution in [2.45, 2.75) is 19.9 Å². The molecule has 0 spiro atoms. The van der Waals surface area contributed by atoms with Crippen LogP contribution in [0.15, 0.2) is 12.3 Å². The van der Waals surface area contributed by atoms with Crippen molar-refractivity contribution >= 4 is 23.4 Å². The number of carboxylic acid groups (broad SMARTS) is 1. The number of nitrogens with zero attached hydrogens (tertiary/aromatic N) is 2. The third-order valence-electron chi connectivity index (χ3n) is 2.23. The molecule has 1 aromatic heterocycles. The number of pyridine rings is 1. The molecule has 2 N–H and O–H groups in total. The summed E-state index contributed by atoms with van der Waals surface area (Å²) in [5.41, 5.74) is 0.261. The molecular formula is C11H12ClN3O2. The first kappa shape index (κ1) is 13.3. The highest BCUT2D eigenvalue weighted by Gasteiger charge is 2.23. The van der Waals surface area contributed by atoms with Crippen molar-refractivity contribution < 1.29 is 9.90 Å². The molecule has 0 amide bonds. The average Bonchev–Trinajstić information content (AvgIpc) is 2.26. The van der Waals surface area contributed by atoms with E-state index in [0.29, 0.717) is 0 Å². The number of hydrogen-bond donors (Lipinski definition) is 2. The number of rotatable bonds is 4. The van der Waals surface area contributed by atoms with Gasteiger partial charge in [-0.1, -0.05) is 25.4 Å². The maximum atomic E-state index is 11.0. The average molecular weight is 254 g/mol. The zero-order chi connectivity index (χ0) is 13.0. The number of halogens is 1. The lowest BCUT2D eigenvalue weighted by atomic mass is 10.0. The lowest BCUT2D eigenvalue weighted by Crippen LogP contribution is -2.34. The number of carboxylic acids is 1. The highest BCUT2D eigenvalue weighted by atomic mass is 35.5. The van der Waals surface area contributed by atoms with Gasteiger partial charge in [0, 0.05) is 6.20 Å². The SMILES string of the molecule is CC(C)C(Nc1nccc(C#N)c1Cl)C(=O)O. The quantitative estimate of drug-likeness (QED) is 0.858. The Morgan fingerprint density at radius 1 is 1.65 bits per heavy atom. The van der Waals surface area contributed by atoms with Crippen LogP contribution in [0.25, 0.3) is 0 Å². The summed E-state index contributed by atoms with van der Waals surface area (Å²) >= 11 is 5.92. The second kappa shape index (κ2) is 5.51. The van der Waals surface area contributed by atoms with Gasteiger partial charge >= 0.3 is 5.97 Å². The van der Waals surface area contributed by atoms with Gasteiger partial charge in [-0.25, -0.2) is 9.78 Å². The van der Waals surface area contributed by atoms with Gasteiger partial charge in [-0.2, -0.15) is 5.26 Å². The molecule has 0 aliphatic rings. The maximum absolute atomic E-state index is 11.0. The number of anilines is 1. The zero-order valence-corrected chi connectivity index (χ0v) is 10.2. The van der Waals surface area contributed by atoms with E-state index in [9.17, 15) is 4.79 Å². The Morgan fingerprint density at radius 3 is 2.76 bits per heavy atom. The van der Waals surface area contributed by atoms with Gasteiger partial charge in [-0.3, -0.25) is 0 Å². The zero-order valence-electron chi connectivity index (χ0n) is 9.44. The first-order chi connectivity index (χ1) is 7.97. The molecule has 6 heteroatoms. The van der Waals surface area contributed by atoms with E-state index >= 15 is 0 Å². The summed E-state index contributed by atoms with van der Waals surface area (Å²) in [6, 6.07) is 2.58. The smallest absolute Gasteiger partial charge is 0.326 e. The van der Waals surface area contributed by atoms with Gasteiger partial charge < -0.3 is 10.4 Å². The Kier molecular flexibility index (Phi) is 4.30. The summed E-state index contributed by atoms with van der Waals surface area (Å²) in [6.07, 6.45) is 1.41. The van der Waals surface area contributed by atoms with E-state index in [0.717, 1.165) is 0 Å². The topological polar surface area (TPSA) is 86.0 Å². The highest BCUT2D eigenvalue weighted by Crippen LogP contribution is 2.24. The standard InChI is InChI=1S/C11H12ClN3O2/c1-6(2)9(11(16)17)15-10-8(12)7(5-13)3-4-14-10/h3-4,6,9H,1-2H3,(H,14,15)(H,16,17). The Hall–Kier alpha value is -1.80. The summed E-state index contributed by atoms with van der Waals surface area (Å²) in [6.45, 7) is 3.54. The molecule has 0 bridgehead atoms. The van der Waals surface area contributed by atoms with E-state index in [2.05, 4.69) is 10.3 Å². The Bertz CT molecular complexity index is 468. The van der Waals surface area contributed by atoms with E-state index in [1.165, 1.54) is 12.3 Å².